The monoisotopic (exact) mass is 894 g/mol. The smallest absolute Gasteiger partial charge is 0.286 e. The van der Waals surface area contributed by atoms with Crippen LogP contribution in [0.25, 0.3) is 11.1 Å². The van der Waals surface area contributed by atoms with Gasteiger partial charge in [-0.2, -0.15) is 34.8 Å². The highest BCUT2D eigenvalue weighted by molar-refractivity contribution is 7.85. The van der Waals surface area contributed by atoms with Gasteiger partial charge in [0.2, 0.25) is 0 Å². The Labute approximate surface area is 372 Å². The van der Waals surface area contributed by atoms with Crippen molar-refractivity contribution in [2.45, 2.75) is 106 Å². The molecular weight excluding hydrogens is 843 g/mol. The van der Waals surface area contributed by atoms with Gasteiger partial charge in [-0.25, -0.2) is 0 Å². The minimum atomic E-state index is -4.80. The van der Waals surface area contributed by atoms with E-state index >= 15 is 13.2 Å². The molecule has 2 aliphatic carbocycles. The molecule has 6 aromatic rings. The van der Waals surface area contributed by atoms with Crippen LogP contribution in [0.4, 0.5) is 26.3 Å². The fraction of sp³-hybridized carbons (Fsp3) is 0.333. The van der Waals surface area contributed by atoms with Crippen LogP contribution in [0.1, 0.15) is 121 Å². The number of benzene rings is 6. The first-order valence-electron chi connectivity index (χ1n) is 21.9. The molecule has 8 rings (SSSR count). The molecule has 0 amide bonds. The van der Waals surface area contributed by atoms with Gasteiger partial charge in [-0.15, -0.1) is 0 Å². The number of hydrogen-bond donors (Lipinski definition) is 1. The van der Waals surface area contributed by atoms with Gasteiger partial charge < -0.3 is 0 Å². The normalized spacial score (nSPS) is 17.6. The molecule has 1 saturated carbocycles. The lowest BCUT2D eigenvalue weighted by Gasteiger charge is -2.39. The van der Waals surface area contributed by atoms with E-state index in [0.29, 0.717) is 30.4 Å². The SMILES string of the molecule is Cc1ccc2c(c1)C1(CCCC1)c1cc(C(c3ccccc3)(c3ccc(C(C)(CCCCCS(=O)(=O)O)c4ccc(C(C)(c5ccccc5)C(F)(F)F)cc4)cc3)C(F)(F)F)ccc1-2. The van der Waals surface area contributed by atoms with Crippen LogP contribution in [0.3, 0.4) is 0 Å². The van der Waals surface area contributed by atoms with Gasteiger partial charge in [0.15, 0.2) is 0 Å². The molecule has 6 aromatic carbocycles. The Morgan fingerprint density at radius 1 is 0.531 bits per heavy atom. The summed E-state index contributed by atoms with van der Waals surface area (Å²) in [6.07, 6.45) is -4.29. The van der Waals surface area contributed by atoms with Crippen LogP contribution in [0, 0.1) is 6.92 Å². The molecule has 64 heavy (non-hydrogen) atoms. The Kier molecular flexibility index (Phi) is 11.8. The number of halogens is 6. The van der Waals surface area contributed by atoms with Crippen molar-refractivity contribution in [2.75, 3.05) is 5.75 Å². The van der Waals surface area contributed by atoms with E-state index in [-0.39, 0.29) is 39.7 Å². The molecule has 1 fully saturated rings. The largest absolute Gasteiger partial charge is 0.406 e. The lowest BCUT2D eigenvalue weighted by Crippen LogP contribution is -2.45. The van der Waals surface area contributed by atoms with Crippen LogP contribution in [0.5, 0.6) is 0 Å². The summed E-state index contributed by atoms with van der Waals surface area (Å²) in [4.78, 5) is 0. The predicted molar refractivity (Wildman–Crippen MR) is 241 cm³/mol. The molecule has 0 saturated heterocycles. The Balaban J connectivity index is 1.25. The van der Waals surface area contributed by atoms with Crippen LogP contribution in [-0.2, 0) is 31.8 Å². The second kappa shape index (κ2) is 16.7. The zero-order valence-corrected chi connectivity index (χ0v) is 37.0. The average Bonchev–Trinajstić information content (AvgIpc) is 3.86. The van der Waals surface area contributed by atoms with Crippen molar-refractivity contribution in [1.82, 2.24) is 0 Å². The van der Waals surface area contributed by atoms with E-state index in [9.17, 15) is 26.1 Å². The van der Waals surface area contributed by atoms with Gasteiger partial charge >= 0.3 is 12.4 Å². The number of hydrogen-bond acceptors (Lipinski definition) is 2. The fourth-order valence-electron chi connectivity index (χ4n) is 11.0. The van der Waals surface area contributed by atoms with Crippen LogP contribution >= 0.6 is 0 Å². The summed E-state index contributed by atoms with van der Waals surface area (Å²) in [6, 6.07) is 40.1. The highest BCUT2D eigenvalue weighted by Crippen LogP contribution is 2.60. The van der Waals surface area contributed by atoms with Crippen molar-refractivity contribution in [2.24, 2.45) is 0 Å². The first kappa shape index (κ1) is 45.4. The molecule has 1 spiro atoms. The summed E-state index contributed by atoms with van der Waals surface area (Å²) in [6.45, 7) is 5.11. The summed E-state index contributed by atoms with van der Waals surface area (Å²) in [5.74, 6) is -0.419. The third-order valence-corrected chi connectivity index (χ3v) is 15.4. The summed E-state index contributed by atoms with van der Waals surface area (Å²) in [7, 11) is -4.18. The molecule has 3 atom stereocenters. The van der Waals surface area contributed by atoms with Crippen molar-refractivity contribution >= 4 is 10.1 Å². The van der Waals surface area contributed by atoms with Gasteiger partial charge in [0.05, 0.1) is 5.75 Å². The second-order valence-corrected chi connectivity index (χ2v) is 19.9. The van der Waals surface area contributed by atoms with Gasteiger partial charge in [0, 0.05) is 10.8 Å². The molecule has 1 N–H and O–H groups in total. The van der Waals surface area contributed by atoms with E-state index in [4.69, 9.17) is 0 Å². The van der Waals surface area contributed by atoms with Crippen molar-refractivity contribution in [3.05, 3.63) is 201 Å². The van der Waals surface area contributed by atoms with Gasteiger partial charge in [0.1, 0.15) is 10.8 Å². The molecule has 3 nitrogen and oxygen atoms in total. The highest BCUT2D eigenvalue weighted by atomic mass is 32.2. The summed E-state index contributed by atoms with van der Waals surface area (Å²) < 4.78 is 127. The molecule has 334 valence electrons. The van der Waals surface area contributed by atoms with Crippen molar-refractivity contribution in [3.63, 3.8) is 0 Å². The summed E-state index contributed by atoms with van der Waals surface area (Å²) in [5, 5.41) is 0. The standard InChI is InChI=1S/C54H52F6O3S/c1-37-19-29-45-46-30-28-44(36-48(46)51(47(45)35-37)32-12-13-33-51)52(54(58,59)60,42-17-9-5-10-18-42)43-26-22-39(23-27-43)49(2,31-11-6-14-34-64(61,62)63)38-20-24-41(25-21-38)50(3,53(55,56)57)40-15-7-4-8-16-40/h4-5,7-10,15-30,35-36H,6,11-14,31-34H2,1-3H3,(H,61,62,63). The third kappa shape index (κ3) is 7.68. The van der Waals surface area contributed by atoms with Gasteiger partial charge in [0.25, 0.3) is 10.1 Å². The first-order chi connectivity index (χ1) is 30.3. The van der Waals surface area contributed by atoms with Crippen molar-refractivity contribution in [1.29, 1.82) is 0 Å². The quantitative estimate of drug-likeness (QED) is 0.0544. The molecule has 0 radical (unpaired) electrons. The molecule has 0 bridgehead atoms. The molecular formula is C54H52F6O3S. The predicted octanol–water partition coefficient (Wildman–Crippen LogP) is 14.4. The lowest BCUT2D eigenvalue weighted by molar-refractivity contribution is -0.173. The van der Waals surface area contributed by atoms with Gasteiger partial charge in [-0.1, -0.05) is 184 Å². The van der Waals surface area contributed by atoms with Crippen LogP contribution < -0.4 is 0 Å². The van der Waals surface area contributed by atoms with Crippen molar-refractivity contribution < 1.29 is 39.3 Å². The first-order valence-corrected chi connectivity index (χ1v) is 23.5. The van der Waals surface area contributed by atoms with Gasteiger partial charge in [-0.3, -0.25) is 4.55 Å². The number of unbranched alkanes of at least 4 members (excludes halogenated alkanes) is 2. The maximum atomic E-state index is 16.6. The van der Waals surface area contributed by atoms with E-state index in [2.05, 4.69) is 18.2 Å². The third-order valence-electron chi connectivity index (χ3n) is 14.6. The lowest BCUT2D eigenvalue weighted by atomic mass is 9.66. The summed E-state index contributed by atoms with van der Waals surface area (Å²) in [5.41, 5.74) is 0.723. The van der Waals surface area contributed by atoms with Crippen LogP contribution in [0.2, 0.25) is 0 Å². The number of fused-ring (bicyclic) bond motifs is 5. The topological polar surface area (TPSA) is 54.4 Å². The zero-order valence-electron chi connectivity index (χ0n) is 36.2. The minimum absolute atomic E-state index is 0.0244. The highest BCUT2D eigenvalue weighted by Gasteiger charge is 2.59. The molecule has 2 aliphatic rings. The molecule has 10 heteroatoms. The Morgan fingerprint density at radius 2 is 0.984 bits per heavy atom. The Morgan fingerprint density at radius 3 is 1.52 bits per heavy atom. The average molecular weight is 895 g/mol. The molecule has 0 heterocycles. The van der Waals surface area contributed by atoms with Gasteiger partial charge in [-0.05, 0) is 101 Å². The molecule has 3 unspecified atom stereocenters. The maximum absolute atomic E-state index is 16.6. The number of aryl methyl sites for hydroxylation is 1. The van der Waals surface area contributed by atoms with E-state index < -0.39 is 44.5 Å². The minimum Gasteiger partial charge on any atom is -0.286 e. The number of rotatable bonds is 13. The van der Waals surface area contributed by atoms with E-state index in [0.717, 1.165) is 54.9 Å². The Hall–Kier alpha value is -5.19. The zero-order chi connectivity index (χ0) is 45.8. The second-order valence-electron chi connectivity index (χ2n) is 18.3. The molecule has 0 aliphatic heterocycles. The molecule has 0 aromatic heterocycles. The van der Waals surface area contributed by atoms with Crippen LogP contribution in [-0.4, -0.2) is 31.1 Å². The summed E-state index contributed by atoms with van der Waals surface area (Å²) >= 11 is 0. The number of alkyl halides is 6. The van der Waals surface area contributed by atoms with Crippen molar-refractivity contribution in [3.8, 4) is 11.1 Å². The van der Waals surface area contributed by atoms with Crippen LogP contribution in [0.15, 0.2) is 146 Å². The van der Waals surface area contributed by atoms with E-state index in [1.807, 2.05) is 26.0 Å². The van der Waals surface area contributed by atoms with E-state index in [1.165, 1.54) is 54.1 Å². The van der Waals surface area contributed by atoms with E-state index in [1.54, 1.807) is 66.7 Å². The maximum Gasteiger partial charge on any atom is 0.406 e. The fourth-order valence-corrected chi connectivity index (χ4v) is 11.5. The Bertz CT molecular complexity index is 2730.